The highest BCUT2D eigenvalue weighted by atomic mass is 32.2. The summed E-state index contributed by atoms with van der Waals surface area (Å²) >= 11 is 1.89. The van der Waals surface area contributed by atoms with Crippen LogP contribution in [0.25, 0.3) is 0 Å². The third-order valence-corrected chi connectivity index (χ3v) is 4.47. The van der Waals surface area contributed by atoms with Crippen LogP contribution in [0.1, 0.15) is 12.0 Å². The van der Waals surface area contributed by atoms with Crippen LogP contribution in [0.15, 0.2) is 30.3 Å². The summed E-state index contributed by atoms with van der Waals surface area (Å²) < 4.78 is 10.5. The number of methoxy groups -OCH3 is 1. The van der Waals surface area contributed by atoms with E-state index in [9.17, 15) is 4.79 Å². The van der Waals surface area contributed by atoms with Gasteiger partial charge in [0.25, 0.3) is 0 Å². The number of nitrogens with zero attached hydrogens (tertiary/aromatic N) is 1. The van der Waals surface area contributed by atoms with Crippen LogP contribution >= 0.6 is 11.8 Å². The van der Waals surface area contributed by atoms with Crippen LogP contribution in [0.4, 0.5) is 4.79 Å². The van der Waals surface area contributed by atoms with Gasteiger partial charge in [-0.1, -0.05) is 30.3 Å². The van der Waals surface area contributed by atoms with Crippen LogP contribution in [-0.4, -0.2) is 48.8 Å². The van der Waals surface area contributed by atoms with E-state index in [2.05, 4.69) is 0 Å². The quantitative estimate of drug-likeness (QED) is 0.809. The largest absolute Gasteiger partial charge is 0.445 e. The van der Waals surface area contributed by atoms with Gasteiger partial charge < -0.3 is 14.4 Å². The maximum Gasteiger partial charge on any atom is 0.410 e. The molecule has 1 aliphatic rings. The van der Waals surface area contributed by atoms with Gasteiger partial charge in [-0.3, -0.25) is 0 Å². The summed E-state index contributed by atoms with van der Waals surface area (Å²) in [4.78, 5) is 14.1. The highest BCUT2D eigenvalue weighted by Gasteiger charge is 2.27. The van der Waals surface area contributed by atoms with Gasteiger partial charge in [0.05, 0.1) is 6.61 Å². The maximum atomic E-state index is 12.2. The summed E-state index contributed by atoms with van der Waals surface area (Å²) in [7, 11) is 1.65. The number of amides is 1. The summed E-state index contributed by atoms with van der Waals surface area (Å²) in [6.07, 6.45) is 0.799. The molecule has 1 aromatic carbocycles. The van der Waals surface area contributed by atoms with E-state index in [0.717, 1.165) is 23.5 Å². The molecule has 0 saturated carbocycles. The summed E-state index contributed by atoms with van der Waals surface area (Å²) in [5, 5.41) is 0. The van der Waals surface area contributed by atoms with Gasteiger partial charge in [0, 0.05) is 25.4 Å². The molecule has 1 saturated heterocycles. The Morgan fingerprint density at radius 1 is 1.40 bits per heavy atom. The van der Waals surface area contributed by atoms with Crippen molar-refractivity contribution in [2.24, 2.45) is 0 Å². The number of thioether (sulfide) groups is 1. The minimum atomic E-state index is -0.238. The maximum absolute atomic E-state index is 12.2. The first kappa shape index (κ1) is 15.2. The molecule has 110 valence electrons. The van der Waals surface area contributed by atoms with E-state index in [0.29, 0.717) is 19.8 Å². The zero-order chi connectivity index (χ0) is 14.2. The van der Waals surface area contributed by atoms with Gasteiger partial charge in [-0.25, -0.2) is 4.79 Å². The van der Waals surface area contributed by atoms with Crippen molar-refractivity contribution < 1.29 is 14.3 Å². The molecular weight excluding hydrogens is 274 g/mol. The molecule has 20 heavy (non-hydrogen) atoms. The molecule has 1 unspecified atom stereocenters. The first-order chi connectivity index (χ1) is 9.81. The molecule has 0 N–H and O–H groups in total. The molecule has 2 rings (SSSR count). The van der Waals surface area contributed by atoms with Crippen LogP contribution in [-0.2, 0) is 16.1 Å². The van der Waals surface area contributed by atoms with Crippen molar-refractivity contribution in [3.05, 3.63) is 35.9 Å². The molecule has 1 amide bonds. The first-order valence-corrected chi connectivity index (χ1v) is 8.00. The minimum Gasteiger partial charge on any atom is -0.445 e. The van der Waals surface area contributed by atoms with Gasteiger partial charge in [0.2, 0.25) is 0 Å². The number of rotatable bonds is 6. The highest BCUT2D eigenvalue weighted by Crippen LogP contribution is 2.23. The SMILES string of the molecule is COCCN(C(=O)OCc1ccccc1)C1CCSC1. The fourth-order valence-electron chi connectivity index (χ4n) is 2.18. The molecule has 1 aromatic rings. The van der Waals surface area contributed by atoms with Crippen LogP contribution in [0.3, 0.4) is 0 Å². The molecule has 1 aliphatic heterocycles. The Kier molecular flexibility index (Phi) is 6.21. The predicted octanol–water partition coefficient (Wildman–Crippen LogP) is 2.78. The lowest BCUT2D eigenvalue weighted by molar-refractivity contribution is 0.0696. The van der Waals surface area contributed by atoms with Gasteiger partial charge >= 0.3 is 6.09 Å². The molecule has 5 heteroatoms. The minimum absolute atomic E-state index is 0.238. The van der Waals surface area contributed by atoms with Crippen molar-refractivity contribution in [1.29, 1.82) is 0 Å². The second-order valence-electron chi connectivity index (χ2n) is 4.74. The molecule has 0 aliphatic carbocycles. The number of hydrogen-bond donors (Lipinski definition) is 0. The smallest absolute Gasteiger partial charge is 0.410 e. The van der Waals surface area contributed by atoms with Gasteiger partial charge in [-0.15, -0.1) is 0 Å². The number of ether oxygens (including phenoxy) is 2. The second kappa shape index (κ2) is 8.17. The summed E-state index contributed by atoms with van der Waals surface area (Å²) in [6.45, 7) is 1.46. The Bertz CT molecular complexity index is 407. The Hall–Kier alpha value is -1.20. The van der Waals surface area contributed by atoms with Crippen LogP contribution in [0.2, 0.25) is 0 Å². The van der Waals surface area contributed by atoms with Crippen LogP contribution in [0.5, 0.6) is 0 Å². The standard InChI is InChI=1S/C15H21NO3S/c1-18-9-8-16(14-7-10-20-12-14)15(17)19-11-13-5-3-2-4-6-13/h2-6,14H,7-12H2,1H3. The van der Waals surface area contributed by atoms with Crippen LogP contribution < -0.4 is 0 Å². The van der Waals surface area contributed by atoms with Gasteiger partial charge in [0.1, 0.15) is 6.61 Å². The van der Waals surface area contributed by atoms with Crippen LogP contribution in [0, 0.1) is 0 Å². The molecule has 4 nitrogen and oxygen atoms in total. The molecule has 0 bridgehead atoms. The third-order valence-electron chi connectivity index (χ3n) is 3.32. The van der Waals surface area contributed by atoms with Crippen molar-refractivity contribution in [3.8, 4) is 0 Å². The van der Waals surface area contributed by atoms with Crippen molar-refractivity contribution in [1.82, 2.24) is 4.90 Å². The van der Waals surface area contributed by atoms with E-state index in [1.807, 2.05) is 47.0 Å². The molecule has 1 heterocycles. The van der Waals surface area contributed by atoms with Crippen molar-refractivity contribution in [2.45, 2.75) is 19.1 Å². The molecule has 0 radical (unpaired) electrons. The van der Waals surface area contributed by atoms with Crippen molar-refractivity contribution in [3.63, 3.8) is 0 Å². The zero-order valence-corrected chi connectivity index (χ0v) is 12.6. The zero-order valence-electron chi connectivity index (χ0n) is 11.8. The lowest BCUT2D eigenvalue weighted by atomic mass is 10.2. The molecule has 0 aromatic heterocycles. The summed E-state index contributed by atoms with van der Waals surface area (Å²) in [5.41, 5.74) is 1.01. The fourth-order valence-corrected chi connectivity index (χ4v) is 3.41. The summed E-state index contributed by atoms with van der Waals surface area (Å²) in [6, 6.07) is 10.0. The predicted molar refractivity (Wildman–Crippen MR) is 80.9 cm³/mol. The van der Waals surface area contributed by atoms with Crippen molar-refractivity contribution in [2.75, 3.05) is 31.8 Å². The van der Waals surface area contributed by atoms with E-state index < -0.39 is 0 Å². The molecule has 1 fully saturated rings. The number of hydrogen-bond acceptors (Lipinski definition) is 4. The second-order valence-corrected chi connectivity index (χ2v) is 5.89. The topological polar surface area (TPSA) is 38.8 Å². The molecule has 1 atom stereocenters. The van der Waals surface area contributed by atoms with Gasteiger partial charge in [-0.05, 0) is 17.7 Å². The first-order valence-electron chi connectivity index (χ1n) is 6.85. The average Bonchev–Trinajstić information content (AvgIpc) is 3.01. The Labute approximate surface area is 124 Å². The lowest BCUT2D eigenvalue weighted by Crippen LogP contribution is -2.42. The van der Waals surface area contributed by atoms with E-state index in [1.165, 1.54) is 0 Å². The van der Waals surface area contributed by atoms with E-state index >= 15 is 0 Å². The number of carbonyl (C=O) groups is 1. The van der Waals surface area contributed by atoms with E-state index in [4.69, 9.17) is 9.47 Å². The Balaban J connectivity index is 1.88. The number of benzene rings is 1. The molecule has 0 spiro atoms. The van der Waals surface area contributed by atoms with E-state index in [1.54, 1.807) is 7.11 Å². The van der Waals surface area contributed by atoms with E-state index in [-0.39, 0.29) is 12.1 Å². The molecular formula is C15H21NO3S. The highest BCUT2D eigenvalue weighted by molar-refractivity contribution is 7.99. The van der Waals surface area contributed by atoms with Gasteiger partial charge in [-0.2, -0.15) is 11.8 Å². The lowest BCUT2D eigenvalue weighted by Gasteiger charge is -2.27. The third kappa shape index (κ3) is 4.42. The van der Waals surface area contributed by atoms with Crippen molar-refractivity contribution >= 4 is 17.9 Å². The Morgan fingerprint density at radius 2 is 2.20 bits per heavy atom. The fraction of sp³-hybridized carbons (Fsp3) is 0.533. The summed E-state index contributed by atoms with van der Waals surface area (Å²) in [5.74, 6) is 2.10. The van der Waals surface area contributed by atoms with Gasteiger partial charge in [0.15, 0.2) is 0 Å². The monoisotopic (exact) mass is 295 g/mol. The Morgan fingerprint density at radius 3 is 2.85 bits per heavy atom. The number of carbonyl (C=O) groups excluding carboxylic acids is 1. The normalized spacial score (nSPS) is 17.9. The average molecular weight is 295 g/mol.